The van der Waals surface area contributed by atoms with Crippen molar-refractivity contribution < 1.29 is 23.5 Å². The molecule has 26 heavy (non-hydrogen) atoms. The van der Waals surface area contributed by atoms with E-state index in [1.165, 1.54) is 11.8 Å². The van der Waals surface area contributed by atoms with E-state index < -0.39 is 0 Å². The number of aryl methyl sites for hydroxylation is 1. The van der Waals surface area contributed by atoms with Gasteiger partial charge < -0.3 is 24.1 Å². The minimum absolute atomic E-state index is 0.213. The van der Waals surface area contributed by atoms with Crippen LogP contribution in [0.2, 0.25) is 0 Å². The van der Waals surface area contributed by atoms with Gasteiger partial charge in [0.1, 0.15) is 11.3 Å². The third kappa shape index (κ3) is 2.94. The van der Waals surface area contributed by atoms with Crippen LogP contribution in [0.4, 0.5) is 0 Å². The fourth-order valence-corrected chi connectivity index (χ4v) is 2.62. The summed E-state index contributed by atoms with van der Waals surface area (Å²) in [6.07, 6.45) is 1.59. The molecule has 0 fully saturated rings. The van der Waals surface area contributed by atoms with Crippen LogP contribution in [0.15, 0.2) is 35.0 Å². The van der Waals surface area contributed by atoms with Crippen LogP contribution in [0.5, 0.6) is 17.4 Å². The Balaban J connectivity index is 1.44. The molecule has 134 valence electrons. The van der Waals surface area contributed by atoms with Gasteiger partial charge in [-0.05, 0) is 18.2 Å². The minimum atomic E-state index is -0.303. The third-order valence-electron chi connectivity index (χ3n) is 3.88. The first-order valence-electron chi connectivity index (χ1n) is 7.85. The van der Waals surface area contributed by atoms with E-state index in [-0.39, 0.29) is 25.1 Å². The summed E-state index contributed by atoms with van der Waals surface area (Å²) >= 11 is 0. The van der Waals surface area contributed by atoms with E-state index in [1.807, 2.05) is 18.2 Å². The lowest BCUT2D eigenvalue weighted by molar-refractivity contribution is 0.0947. The number of hydrogen-bond acceptors (Lipinski definition) is 7. The van der Waals surface area contributed by atoms with Crippen molar-refractivity contribution in [1.29, 1.82) is 0 Å². The van der Waals surface area contributed by atoms with Gasteiger partial charge >= 0.3 is 0 Å². The van der Waals surface area contributed by atoms with Crippen molar-refractivity contribution in [3.8, 4) is 28.7 Å². The van der Waals surface area contributed by atoms with Crippen LogP contribution in [0, 0.1) is 0 Å². The maximum atomic E-state index is 12.3. The molecule has 0 atom stereocenters. The number of aromatic nitrogens is 3. The average molecular weight is 356 g/mol. The minimum Gasteiger partial charge on any atom is -0.479 e. The number of nitrogens with zero attached hydrogens (tertiary/aromatic N) is 3. The second-order valence-electron chi connectivity index (χ2n) is 5.66. The Hall–Kier alpha value is -3.49. The smallest absolute Gasteiger partial charge is 0.258 e. The van der Waals surface area contributed by atoms with Gasteiger partial charge in [0.05, 0.1) is 13.7 Å². The molecule has 9 nitrogen and oxygen atoms in total. The molecule has 1 N–H and O–H groups in total. The fraction of sp³-hybridized carbons (Fsp3) is 0.235. The highest BCUT2D eigenvalue weighted by atomic mass is 16.7. The van der Waals surface area contributed by atoms with Crippen LogP contribution in [0.1, 0.15) is 16.1 Å². The zero-order valence-electron chi connectivity index (χ0n) is 14.2. The molecule has 0 aliphatic carbocycles. The highest BCUT2D eigenvalue weighted by Crippen LogP contribution is 2.36. The Morgan fingerprint density at radius 1 is 1.31 bits per heavy atom. The standard InChI is InChI=1S/C17H16N4O5/c1-21-8-12(17(19-21)23-2)16(22)18-7-11-6-14(26-20-11)10-3-4-13-15(5-10)25-9-24-13/h3-6,8H,7,9H2,1-2H3,(H,18,22). The summed E-state index contributed by atoms with van der Waals surface area (Å²) in [5.41, 5.74) is 1.76. The molecule has 2 aromatic heterocycles. The van der Waals surface area contributed by atoms with E-state index in [1.54, 1.807) is 19.3 Å². The van der Waals surface area contributed by atoms with Gasteiger partial charge in [-0.15, -0.1) is 5.10 Å². The van der Waals surface area contributed by atoms with Gasteiger partial charge in [-0.2, -0.15) is 0 Å². The van der Waals surface area contributed by atoms with Crippen molar-refractivity contribution in [3.05, 3.63) is 41.7 Å². The van der Waals surface area contributed by atoms with Crippen molar-refractivity contribution in [2.75, 3.05) is 13.9 Å². The molecule has 4 rings (SSSR count). The highest BCUT2D eigenvalue weighted by Gasteiger charge is 2.18. The van der Waals surface area contributed by atoms with Gasteiger partial charge in [0.15, 0.2) is 17.3 Å². The Labute approximate surface area is 148 Å². The molecule has 0 bridgehead atoms. The maximum Gasteiger partial charge on any atom is 0.258 e. The molecule has 1 aliphatic rings. The molecule has 1 amide bonds. The van der Waals surface area contributed by atoms with Gasteiger partial charge in [0.25, 0.3) is 5.91 Å². The van der Waals surface area contributed by atoms with Gasteiger partial charge in [-0.1, -0.05) is 5.16 Å². The van der Waals surface area contributed by atoms with Crippen LogP contribution in [-0.2, 0) is 13.6 Å². The largest absolute Gasteiger partial charge is 0.479 e. The summed E-state index contributed by atoms with van der Waals surface area (Å²) in [6.45, 7) is 0.426. The SMILES string of the molecule is COc1nn(C)cc1C(=O)NCc1cc(-c2ccc3c(c2)OCO3)on1. The van der Waals surface area contributed by atoms with Crippen molar-refractivity contribution in [2.45, 2.75) is 6.54 Å². The average Bonchev–Trinajstić information content (AvgIpc) is 3.37. The van der Waals surface area contributed by atoms with E-state index in [0.717, 1.165) is 5.56 Å². The first-order valence-corrected chi connectivity index (χ1v) is 7.85. The number of carbonyl (C=O) groups is 1. The molecule has 3 heterocycles. The van der Waals surface area contributed by atoms with Crippen molar-refractivity contribution >= 4 is 5.91 Å². The number of hydrogen-bond donors (Lipinski definition) is 1. The van der Waals surface area contributed by atoms with Crippen LogP contribution in [-0.4, -0.2) is 34.7 Å². The van der Waals surface area contributed by atoms with Crippen LogP contribution < -0.4 is 19.5 Å². The normalized spacial score (nSPS) is 12.2. The van der Waals surface area contributed by atoms with Crippen molar-refractivity contribution in [3.63, 3.8) is 0 Å². The predicted octanol–water partition coefficient (Wildman–Crippen LogP) is 1.74. The first kappa shape index (κ1) is 16.0. The summed E-state index contributed by atoms with van der Waals surface area (Å²) < 4.78 is 22.6. The van der Waals surface area contributed by atoms with Gasteiger partial charge in [0.2, 0.25) is 12.7 Å². The number of nitrogens with one attached hydrogen (secondary N) is 1. The molecule has 3 aromatic rings. The monoisotopic (exact) mass is 356 g/mol. The number of rotatable bonds is 5. The van der Waals surface area contributed by atoms with E-state index in [0.29, 0.717) is 28.5 Å². The Morgan fingerprint density at radius 3 is 3.00 bits per heavy atom. The second-order valence-corrected chi connectivity index (χ2v) is 5.66. The number of methoxy groups -OCH3 is 1. The Morgan fingerprint density at radius 2 is 2.15 bits per heavy atom. The molecule has 1 aromatic carbocycles. The molecule has 1 aliphatic heterocycles. The second kappa shape index (κ2) is 6.43. The number of benzene rings is 1. The molecule has 0 saturated carbocycles. The molecule has 0 spiro atoms. The fourth-order valence-electron chi connectivity index (χ4n) is 2.62. The number of fused-ring (bicyclic) bond motifs is 1. The predicted molar refractivity (Wildman–Crippen MR) is 89.0 cm³/mol. The lowest BCUT2D eigenvalue weighted by atomic mass is 10.1. The molecule has 0 saturated heterocycles. The van der Waals surface area contributed by atoms with E-state index in [2.05, 4.69) is 15.6 Å². The number of carbonyl (C=O) groups excluding carboxylic acids is 1. The number of ether oxygens (including phenoxy) is 3. The summed E-state index contributed by atoms with van der Waals surface area (Å²) in [7, 11) is 3.18. The van der Waals surface area contributed by atoms with Crippen molar-refractivity contribution in [1.82, 2.24) is 20.3 Å². The van der Waals surface area contributed by atoms with Gasteiger partial charge in [0, 0.05) is 24.9 Å². The summed E-state index contributed by atoms with van der Waals surface area (Å²) in [6, 6.07) is 7.26. The van der Waals surface area contributed by atoms with E-state index >= 15 is 0 Å². The third-order valence-corrected chi connectivity index (χ3v) is 3.88. The molecular formula is C17H16N4O5. The van der Waals surface area contributed by atoms with Gasteiger partial charge in [-0.25, -0.2) is 0 Å². The topological polar surface area (TPSA) is 101 Å². The number of amides is 1. The zero-order chi connectivity index (χ0) is 18.1. The quantitative estimate of drug-likeness (QED) is 0.743. The lowest BCUT2D eigenvalue weighted by Crippen LogP contribution is -2.23. The molecule has 0 unspecified atom stereocenters. The maximum absolute atomic E-state index is 12.3. The van der Waals surface area contributed by atoms with Crippen molar-refractivity contribution in [2.24, 2.45) is 7.05 Å². The van der Waals surface area contributed by atoms with Crippen LogP contribution in [0.3, 0.4) is 0 Å². The van der Waals surface area contributed by atoms with E-state index in [4.69, 9.17) is 18.7 Å². The lowest BCUT2D eigenvalue weighted by Gasteiger charge is -2.02. The molecule has 0 radical (unpaired) electrons. The summed E-state index contributed by atoms with van der Waals surface area (Å²) in [4.78, 5) is 12.3. The highest BCUT2D eigenvalue weighted by molar-refractivity contribution is 5.96. The summed E-state index contributed by atoms with van der Waals surface area (Å²) in [5.74, 6) is 1.91. The Bertz CT molecular complexity index is 962. The zero-order valence-corrected chi connectivity index (χ0v) is 14.2. The van der Waals surface area contributed by atoms with E-state index in [9.17, 15) is 4.79 Å². The van der Waals surface area contributed by atoms with Crippen LogP contribution in [0.25, 0.3) is 11.3 Å². The first-order chi connectivity index (χ1) is 12.6. The summed E-state index contributed by atoms with van der Waals surface area (Å²) in [5, 5.41) is 10.8. The van der Waals surface area contributed by atoms with Gasteiger partial charge in [-0.3, -0.25) is 9.48 Å². The Kier molecular flexibility index (Phi) is 3.96. The molecular weight excluding hydrogens is 340 g/mol. The molecule has 9 heteroatoms. The van der Waals surface area contributed by atoms with Crippen LogP contribution >= 0.6 is 0 Å².